The SMILES string of the molecule is CC(=O)SC1=C[C@@H]2O[C@@]1(C)[C@H]1C(=O)C(c3c(C)cc(C)cc3C)C(=O)[C@@H]21. The maximum atomic E-state index is 13.4. The second-order valence-electron chi connectivity index (χ2n) is 7.87. The molecule has 0 aromatic heterocycles. The molecule has 0 amide bonds. The second kappa shape index (κ2) is 5.64. The van der Waals surface area contributed by atoms with Crippen LogP contribution >= 0.6 is 11.8 Å². The third-order valence-electron chi connectivity index (χ3n) is 5.98. The first-order chi connectivity index (χ1) is 12.1. The van der Waals surface area contributed by atoms with Gasteiger partial charge in [-0.1, -0.05) is 29.5 Å². The minimum atomic E-state index is -0.861. The van der Waals surface area contributed by atoms with E-state index in [0.717, 1.165) is 38.9 Å². The lowest BCUT2D eigenvalue weighted by molar-refractivity contribution is -0.129. The van der Waals surface area contributed by atoms with Crippen molar-refractivity contribution in [3.8, 4) is 0 Å². The maximum absolute atomic E-state index is 13.4. The summed E-state index contributed by atoms with van der Waals surface area (Å²) in [5.41, 5.74) is 3.08. The third kappa shape index (κ3) is 2.23. The molecule has 4 nitrogen and oxygen atoms in total. The molecule has 2 bridgehead atoms. The molecule has 2 heterocycles. The van der Waals surface area contributed by atoms with Crippen LogP contribution in [0.4, 0.5) is 0 Å². The molecule has 1 saturated heterocycles. The molecule has 0 spiro atoms. The van der Waals surface area contributed by atoms with Gasteiger partial charge in [0.15, 0.2) is 16.7 Å². The van der Waals surface area contributed by atoms with Crippen molar-refractivity contribution in [1.29, 1.82) is 0 Å². The molecule has 136 valence electrons. The molecule has 1 saturated carbocycles. The number of rotatable bonds is 2. The minimum Gasteiger partial charge on any atom is -0.361 e. The molecule has 3 aliphatic rings. The zero-order chi connectivity index (χ0) is 19.0. The molecule has 5 atom stereocenters. The van der Waals surface area contributed by atoms with E-state index < -0.39 is 29.5 Å². The van der Waals surface area contributed by atoms with Gasteiger partial charge in [0.2, 0.25) is 0 Å². The van der Waals surface area contributed by atoms with E-state index in [9.17, 15) is 14.4 Å². The Balaban J connectivity index is 1.77. The fraction of sp³-hybridized carbons (Fsp3) is 0.476. The molecule has 4 rings (SSSR count). The summed E-state index contributed by atoms with van der Waals surface area (Å²) in [5, 5.41) is -0.0382. The molecule has 1 aromatic carbocycles. The van der Waals surface area contributed by atoms with Crippen molar-refractivity contribution in [1.82, 2.24) is 0 Å². The number of aryl methyl sites for hydroxylation is 3. The first-order valence-corrected chi connectivity index (χ1v) is 9.70. The number of fused-ring (bicyclic) bond motifs is 5. The van der Waals surface area contributed by atoms with Gasteiger partial charge in [-0.3, -0.25) is 14.4 Å². The monoisotopic (exact) mass is 370 g/mol. The van der Waals surface area contributed by atoms with E-state index in [1.54, 1.807) is 0 Å². The number of hydrogen-bond donors (Lipinski definition) is 0. The molecule has 2 aliphatic heterocycles. The summed E-state index contributed by atoms with van der Waals surface area (Å²) in [7, 11) is 0. The summed E-state index contributed by atoms with van der Waals surface area (Å²) in [4.78, 5) is 39.0. The summed E-state index contributed by atoms with van der Waals surface area (Å²) in [6, 6.07) is 4.05. The van der Waals surface area contributed by atoms with E-state index in [1.807, 2.05) is 45.9 Å². The van der Waals surface area contributed by atoms with Crippen LogP contribution in [0.2, 0.25) is 0 Å². The van der Waals surface area contributed by atoms with Gasteiger partial charge < -0.3 is 4.74 Å². The standard InChI is InChI=1S/C21H22O4S/c1-9-6-10(2)15(11(3)7-9)17-19(23)16-13-8-14(26-12(4)22)21(5,25-13)18(16)20(17)24/h6-8,13,16-18H,1-5H3/t13-,16-,17?,18+,21+/m0/s1. The van der Waals surface area contributed by atoms with Crippen molar-refractivity contribution < 1.29 is 19.1 Å². The van der Waals surface area contributed by atoms with Gasteiger partial charge in [0.05, 0.1) is 17.9 Å². The number of ketones is 2. The van der Waals surface area contributed by atoms with Gasteiger partial charge in [-0.2, -0.15) is 0 Å². The average Bonchev–Trinajstić information content (AvgIpc) is 3.07. The van der Waals surface area contributed by atoms with E-state index in [0.29, 0.717) is 0 Å². The van der Waals surface area contributed by atoms with E-state index in [4.69, 9.17) is 4.74 Å². The number of carbonyl (C=O) groups is 3. The lowest BCUT2D eigenvalue weighted by Crippen LogP contribution is -2.38. The minimum absolute atomic E-state index is 0.0353. The number of ether oxygens (including phenoxy) is 1. The first kappa shape index (κ1) is 17.7. The van der Waals surface area contributed by atoms with Crippen molar-refractivity contribution in [3.05, 3.63) is 45.4 Å². The van der Waals surface area contributed by atoms with Crippen LogP contribution in [0.1, 0.15) is 42.0 Å². The maximum Gasteiger partial charge on any atom is 0.190 e. The lowest BCUT2D eigenvalue weighted by Gasteiger charge is -2.29. The normalized spacial score (nSPS) is 35.0. The van der Waals surface area contributed by atoms with Crippen LogP contribution in [0.3, 0.4) is 0 Å². The van der Waals surface area contributed by atoms with Crippen LogP contribution in [0.5, 0.6) is 0 Å². The second-order valence-corrected chi connectivity index (χ2v) is 9.09. The predicted octanol–water partition coefficient (Wildman–Crippen LogP) is 3.41. The number of carbonyl (C=O) groups excluding carboxylic acids is 3. The van der Waals surface area contributed by atoms with Crippen molar-refractivity contribution in [3.63, 3.8) is 0 Å². The van der Waals surface area contributed by atoms with E-state index in [1.165, 1.54) is 6.92 Å². The molecule has 26 heavy (non-hydrogen) atoms. The van der Waals surface area contributed by atoms with E-state index >= 15 is 0 Å². The van der Waals surface area contributed by atoms with Crippen molar-refractivity contribution in [2.45, 2.75) is 52.2 Å². The highest BCUT2D eigenvalue weighted by atomic mass is 32.2. The lowest BCUT2D eigenvalue weighted by atomic mass is 9.77. The Bertz CT molecular complexity index is 876. The molecule has 0 radical (unpaired) electrons. The molecule has 1 aromatic rings. The molecule has 5 heteroatoms. The van der Waals surface area contributed by atoms with Gasteiger partial charge in [-0.05, 0) is 50.5 Å². The highest BCUT2D eigenvalue weighted by molar-refractivity contribution is 8.16. The van der Waals surface area contributed by atoms with Gasteiger partial charge in [0.1, 0.15) is 11.5 Å². The fourth-order valence-corrected chi connectivity index (χ4v) is 6.02. The van der Waals surface area contributed by atoms with E-state index in [2.05, 4.69) is 0 Å². The third-order valence-corrected chi connectivity index (χ3v) is 7.03. The van der Waals surface area contributed by atoms with Gasteiger partial charge in [0, 0.05) is 11.8 Å². The molecular weight excluding hydrogens is 348 g/mol. The Hall–Kier alpha value is -1.72. The van der Waals surface area contributed by atoms with Crippen LogP contribution in [-0.4, -0.2) is 28.4 Å². The summed E-state index contributed by atoms with van der Waals surface area (Å²) in [6.07, 6.45) is 1.47. The van der Waals surface area contributed by atoms with Crippen LogP contribution in [0, 0.1) is 32.6 Å². The topological polar surface area (TPSA) is 60.4 Å². The van der Waals surface area contributed by atoms with Crippen LogP contribution < -0.4 is 0 Å². The van der Waals surface area contributed by atoms with Crippen LogP contribution in [0.25, 0.3) is 0 Å². The Labute approximate surface area is 157 Å². The number of hydrogen-bond acceptors (Lipinski definition) is 5. The highest BCUT2D eigenvalue weighted by Crippen LogP contribution is 2.60. The Morgan fingerprint density at radius 3 is 2.31 bits per heavy atom. The summed E-state index contributed by atoms with van der Waals surface area (Å²) in [6.45, 7) is 9.29. The average molecular weight is 370 g/mol. The molecular formula is C21H22O4S. The number of benzene rings is 1. The van der Waals surface area contributed by atoms with Gasteiger partial charge >= 0.3 is 0 Å². The summed E-state index contributed by atoms with van der Waals surface area (Å²) < 4.78 is 6.04. The predicted molar refractivity (Wildman–Crippen MR) is 100 cm³/mol. The number of thioether (sulfide) groups is 1. The van der Waals surface area contributed by atoms with Gasteiger partial charge in [-0.25, -0.2) is 0 Å². The fourth-order valence-electron chi connectivity index (χ4n) is 5.13. The molecule has 1 unspecified atom stereocenters. The van der Waals surface area contributed by atoms with Gasteiger partial charge in [-0.15, -0.1) is 0 Å². The first-order valence-electron chi connectivity index (χ1n) is 8.89. The van der Waals surface area contributed by atoms with Crippen LogP contribution in [0.15, 0.2) is 23.1 Å². The molecule has 1 aliphatic carbocycles. The summed E-state index contributed by atoms with van der Waals surface area (Å²) >= 11 is 1.12. The molecule has 2 fully saturated rings. The van der Waals surface area contributed by atoms with E-state index in [-0.39, 0.29) is 16.7 Å². The largest absolute Gasteiger partial charge is 0.361 e. The Morgan fingerprint density at radius 2 is 1.73 bits per heavy atom. The highest BCUT2D eigenvalue weighted by Gasteiger charge is 2.68. The van der Waals surface area contributed by atoms with Crippen molar-refractivity contribution >= 4 is 28.4 Å². The van der Waals surface area contributed by atoms with Crippen LogP contribution in [-0.2, 0) is 19.1 Å². The van der Waals surface area contributed by atoms with Crippen molar-refractivity contribution in [2.75, 3.05) is 0 Å². The Kier molecular flexibility index (Phi) is 3.83. The van der Waals surface area contributed by atoms with Crippen molar-refractivity contribution in [2.24, 2.45) is 11.8 Å². The summed E-state index contributed by atoms with van der Waals surface area (Å²) in [5.74, 6) is -1.75. The van der Waals surface area contributed by atoms with Gasteiger partial charge in [0.25, 0.3) is 0 Å². The number of Topliss-reactive ketones (excluding diaryl/α,β-unsaturated/α-hetero) is 2. The Morgan fingerprint density at radius 1 is 1.12 bits per heavy atom. The zero-order valence-corrected chi connectivity index (χ0v) is 16.4. The molecule has 0 N–H and O–H groups in total. The quantitative estimate of drug-likeness (QED) is 0.747. The zero-order valence-electron chi connectivity index (χ0n) is 15.6. The smallest absolute Gasteiger partial charge is 0.190 e.